The molecule has 0 saturated carbocycles. The summed E-state index contributed by atoms with van der Waals surface area (Å²) >= 11 is 0. The molecule has 0 fully saturated rings. The van der Waals surface area contributed by atoms with Gasteiger partial charge in [0.15, 0.2) is 0 Å². The van der Waals surface area contributed by atoms with E-state index in [1.807, 2.05) is 32.9 Å². The van der Waals surface area contributed by atoms with Gasteiger partial charge in [0, 0.05) is 5.69 Å². The fourth-order valence-corrected chi connectivity index (χ4v) is 1.41. The standard InChI is InChI=1S/C12H17NO2/c1-7-5-6-11(9(3)8(7)2)13-10(4)12(14)15/h5-6,10,13H,1-4H3,(H,14,15). The lowest BCUT2D eigenvalue weighted by Crippen LogP contribution is -2.25. The van der Waals surface area contributed by atoms with E-state index in [1.165, 1.54) is 11.1 Å². The molecule has 3 nitrogen and oxygen atoms in total. The number of hydrogen-bond donors (Lipinski definition) is 2. The summed E-state index contributed by atoms with van der Waals surface area (Å²) in [5, 5.41) is 11.8. The van der Waals surface area contributed by atoms with Gasteiger partial charge in [-0.05, 0) is 50.5 Å². The number of aryl methyl sites for hydroxylation is 1. The van der Waals surface area contributed by atoms with E-state index in [4.69, 9.17) is 5.11 Å². The van der Waals surface area contributed by atoms with Crippen LogP contribution in [0.3, 0.4) is 0 Å². The molecule has 0 heterocycles. The number of carbonyl (C=O) groups is 1. The highest BCUT2D eigenvalue weighted by Crippen LogP contribution is 2.22. The van der Waals surface area contributed by atoms with Crippen molar-refractivity contribution in [2.24, 2.45) is 0 Å². The fourth-order valence-electron chi connectivity index (χ4n) is 1.41. The summed E-state index contributed by atoms with van der Waals surface area (Å²) in [5.74, 6) is -0.840. The van der Waals surface area contributed by atoms with Crippen molar-refractivity contribution in [3.63, 3.8) is 0 Å². The highest BCUT2D eigenvalue weighted by Gasteiger charge is 2.12. The minimum absolute atomic E-state index is 0.564. The molecule has 1 unspecified atom stereocenters. The summed E-state index contributed by atoms with van der Waals surface area (Å²) in [6.07, 6.45) is 0. The topological polar surface area (TPSA) is 49.3 Å². The molecule has 0 aromatic heterocycles. The van der Waals surface area contributed by atoms with Crippen LogP contribution in [-0.4, -0.2) is 17.1 Å². The Bertz CT molecular complexity index is 385. The normalized spacial score (nSPS) is 12.3. The van der Waals surface area contributed by atoms with Gasteiger partial charge in [-0.1, -0.05) is 6.07 Å². The third-order valence-corrected chi connectivity index (χ3v) is 2.80. The molecule has 1 atom stereocenters. The number of carboxylic acids is 1. The third-order valence-electron chi connectivity index (χ3n) is 2.80. The predicted octanol–water partition coefficient (Wildman–Crippen LogP) is 2.50. The van der Waals surface area contributed by atoms with Gasteiger partial charge >= 0.3 is 5.97 Å². The molecule has 2 N–H and O–H groups in total. The maximum Gasteiger partial charge on any atom is 0.325 e. The van der Waals surface area contributed by atoms with Gasteiger partial charge in [-0.25, -0.2) is 0 Å². The van der Waals surface area contributed by atoms with Crippen molar-refractivity contribution in [3.8, 4) is 0 Å². The van der Waals surface area contributed by atoms with Crippen molar-refractivity contribution in [3.05, 3.63) is 28.8 Å². The molecular formula is C12H17NO2. The van der Waals surface area contributed by atoms with Crippen LogP contribution in [-0.2, 0) is 4.79 Å². The molecule has 0 aliphatic carbocycles. The van der Waals surface area contributed by atoms with Gasteiger partial charge in [-0.15, -0.1) is 0 Å². The number of benzene rings is 1. The molecule has 0 spiro atoms. The van der Waals surface area contributed by atoms with Gasteiger partial charge in [-0.2, -0.15) is 0 Å². The number of hydrogen-bond acceptors (Lipinski definition) is 2. The monoisotopic (exact) mass is 207 g/mol. The van der Waals surface area contributed by atoms with Crippen molar-refractivity contribution in [1.82, 2.24) is 0 Å². The van der Waals surface area contributed by atoms with E-state index in [0.29, 0.717) is 0 Å². The van der Waals surface area contributed by atoms with Crippen LogP contribution in [0.25, 0.3) is 0 Å². The Kier molecular flexibility index (Phi) is 3.35. The molecular weight excluding hydrogens is 190 g/mol. The third kappa shape index (κ3) is 2.49. The number of anilines is 1. The van der Waals surface area contributed by atoms with Crippen LogP contribution in [0, 0.1) is 20.8 Å². The SMILES string of the molecule is Cc1ccc(NC(C)C(=O)O)c(C)c1C. The summed E-state index contributed by atoms with van der Waals surface area (Å²) in [5.41, 5.74) is 4.44. The highest BCUT2D eigenvalue weighted by molar-refractivity contribution is 5.77. The Morgan fingerprint density at radius 2 is 1.87 bits per heavy atom. The van der Waals surface area contributed by atoms with Gasteiger partial charge in [0.05, 0.1) is 0 Å². The molecule has 15 heavy (non-hydrogen) atoms. The fraction of sp³-hybridized carbons (Fsp3) is 0.417. The Morgan fingerprint density at radius 3 is 2.40 bits per heavy atom. The van der Waals surface area contributed by atoms with Crippen molar-refractivity contribution in [1.29, 1.82) is 0 Å². The Morgan fingerprint density at radius 1 is 1.27 bits per heavy atom. The largest absolute Gasteiger partial charge is 0.480 e. The summed E-state index contributed by atoms with van der Waals surface area (Å²) in [4.78, 5) is 10.7. The molecule has 0 aliphatic rings. The molecule has 0 amide bonds. The maximum absolute atomic E-state index is 10.7. The molecule has 82 valence electrons. The first-order valence-electron chi connectivity index (χ1n) is 4.99. The van der Waals surface area contributed by atoms with E-state index in [2.05, 4.69) is 5.32 Å². The van der Waals surface area contributed by atoms with E-state index in [0.717, 1.165) is 11.3 Å². The summed E-state index contributed by atoms with van der Waals surface area (Å²) < 4.78 is 0. The lowest BCUT2D eigenvalue weighted by molar-refractivity contribution is -0.137. The second-order valence-corrected chi connectivity index (χ2v) is 3.88. The molecule has 0 bridgehead atoms. The Balaban J connectivity index is 2.97. The summed E-state index contributed by atoms with van der Waals surface area (Å²) in [6, 6.07) is 3.36. The zero-order valence-corrected chi connectivity index (χ0v) is 9.59. The van der Waals surface area contributed by atoms with Crippen molar-refractivity contribution < 1.29 is 9.90 Å². The van der Waals surface area contributed by atoms with Crippen LogP contribution in [0.4, 0.5) is 5.69 Å². The van der Waals surface area contributed by atoms with Gasteiger partial charge in [0.1, 0.15) is 6.04 Å². The number of aliphatic carboxylic acids is 1. The number of rotatable bonds is 3. The smallest absolute Gasteiger partial charge is 0.325 e. The van der Waals surface area contributed by atoms with Gasteiger partial charge in [0.25, 0.3) is 0 Å². The molecule has 1 aromatic rings. The van der Waals surface area contributed by atoms with Crippen LogP contribution in [0.1, 0.15) is 23.6 Å². The van der Waals surface area contributed by atoms with Crippen LogP contribution in [0.5, 0.6) is 0 Å². The van der Waals surface area contributed by atoms with Crippen LogP contribution >= 0.6 is 0 Å². The zero-order chi connectivity index (χ0) is 11.6. The summed E-state index contributed by atoms with van der Waals surface area (Å²) in [6.45, 7) is 7.73. The lowest BCUT2D eigenvalue weighted by Gasteiger charge is -2.15. The van der Waals surface area contributed by atoms with Crippen molar-refractivity contribution in [2.45, 2.75) is 33.7 Å². The quantitative estimate of drug-likeness (QED) is 0.800. The van der Waals surface area contributed by atoms with Crippen molar-refractivity contribution >= 4 is 11.7 Å². The minimum Gasteiger partial charge on any atom is -0.480 e. The van der Waals surface area contributed by atoms with Crippen LogP contribution in [0.15, 0.2) is 12.1 Å². The second-order valence-electron chi connectivity index (χ2n) is 3.88. The minimum atomic E-state index is -0.840. The van der Waals surface area contributed by atoms with E-state index < -0.39 is 12.0 Å². The van der Waals surface area contributed by atoms with Gasteiger partial charge in [0.2, 0.25) is 0 Å². The predicted molar refractivity (Wildman–Crippen MR) is 61.4 cm³/mol. The maximum atomic E-state index is 10.7. The molecule has 3 heteroatoms. The number of carboxylic acid groups (broad SMARTS) is 1. The zero-order valence-electron chi connectivity index (χ0n) is 9.59. The first kappa shape index (κ1) is 11.6. The number of nitrogens with one attached hydrogen (secondary N) is 1. The van der Waals surface area contributed by atoms with E-state index >= 15 is 0 Å². The first-order chi connectivity index (χ1) is 6.93. The van der Waals surface area contributed by atoms with E-state index in [1.54, 1.807) is 6.92 Å². The van der Waals surface area contributed by atoms with Crippen LogP contribution in [0.2, 0.25) is 0 Å². The molecule has 0 radical (unpaired) electrons. The summed E-state index contributed by atoms with van der Waals surface area (Å²) in [7, 11) is 0. The molecule has 1 aromatic carbocycles. The highest BCUT2D eigenvalue weighted by atomic mass is 16.4. The first-order valence-corrected chi connectivity index (χ1v) is 4.99. The molecule has 0 saturated heterocycles. The van der Waals surface area contributed by atoms with Gasteiger partial charge < -0.3 is 10.4 Å². The van der Waals surface area contributed by atoms with E-state index in [-0.39, 0.29) is 0 Å². The molecule has 0 aliphatic heterocycles. The second kappa shape index (κ2) is 4.34. The van der Waals surface area contributed by atoms with Crippen molar-refractivity contribution in [2.75, 3.05) is 5.32 Å². The lowest BCUT2D eigenvalue weighted by atomic mass is 10.0. The van der Waals surface area contributed by atoms with E-state index in [9.17, 15) is 4.79 Å². The molecule has 1 rings (SSSR count). The van der Waals surface area contributed by atoms with Gasteiger partial charge in [-0.3, -0.25) is 4.79 Å². The average molecular weight is 207 g/mol. The Labute approximate surface area is 90.1 Å². The van der Waals surface area contributed by atoms with Crippen LogP contribution < -0.4 is 5.32 Å². The average Bonchev–Trinajstić information content (AvgIpc) is 2.18. The Hall–Kier alpha value is -1.51.